The maximum absolute atomic E-state index is 11.2. The number of carbonyl (C=O) groups is 2. The van der Waals surface area contributed by atoms with Crippen molar-refractivity contribution >= 4 is 23.4 Å². The third-order valence-electron chi connectivity index (χ3n) is 2.39. The number of esters is 1. The van der Waals surface area contributed by atoms with Crippen LogP contribution in [0.1, 0.15) is 28.0 Å². The van der Waals surface area contributed by atoms with Crippen LogP contribution >= 0.6 is 0 Å². The largest absolute Gasteiger partial charge is 0.463 e. The Bertz CT molecular complexity index is 649. The van der Waals surface area contributed by atoms with Gasteiger partial charge in [0.2, 0.25) is 0 Å². The van der Waals surface area contributed by atoms with E-state index in [1.807, 2.05) is 0 Å². The highest BCUT2D eigenvalue weighted by atomic mass is 16.5. The zero-order chi connectivity index (χ0) is 14.4. The van der Waals surface area contributed by atoms with Crippen molar-refractivity contribution in [3.05, 3.63) is 48.2 Å². The topological polar surface area (TPSA) is 85.4 Å². The molecule has 0 radical (unpaired) electrons. The Labute approximate surface area is 114 Å². The molecule has 0 unspecified atom stereocenters. The van der Waals surface area contributed by atoms with Gasteiger partial charge >= 0.3 is 5.97 Å². The standard InChI is InChI=1S/C9H9NO3.C5H4O2/c1-2-12-9(11)7-5-8-6(10-7)3-4-13-8;6-4-5-2-1-3-7-5/h3-5,10H,2H2,1H3;1-4H. The quantitative estimate of drug-likeness (QED) is 0.586. The number of aldehydes is 1. The number of furan rings is 2. The van der Waals surface area contributed by atoms with Crippen LogP contribution in [0.3, 0.4) is 0 Å². The minimum Gasteiger partial charge on any atom is -0.463 e. The van der Waals surface area contributed by atoms with Crippen molar-refractivity contribution in [2.45, 2.75) is 6.92 Å². The molecule has 0 saturated carbocycles. The summed E-state index contributed by atoms with van der Waals surface area (Å²) >= 11 is 0. The first-order chi connectivity index (χ1) is 9.74. The Balaban J connectivity index is 0.000000178. The molecule has 3 heterocycles. The second-order valence-electron chi connectivity index (χ2n) is 3.74. The number of fused-ring (bicyclic) bond motifs is 1. The summed E-state index contributed by atoms with van der Waals surface area (Å²) in [6.45, 7) is 2.14. The maximum Gasteiger partial charge on any atom is 0.354 e. The van der Waals surface area contributed by atoms with Gasteiger partial charge in [-0.15, -0.1) is 0 Å². The highest BCUT2D eigenvalue weighted by Crippen LogP contribution is 2.16. The van der Waals surface area contributed by atoms with Gasteiger partial charge in [-0.1, -0.05) is 0 Å². The summed E-state index contributed by atoms with van der Waals surface area (Å²) in [5.41, 5.74) is 1.90. The van der Waals surface area contributed by atoms with Crippen LogP contribution < -0.4 is 0 Å². The van der Waals surface area contributed by atoms with Crippen molar-refractivity contribution in [1.82, 2.24) is 4.98 Å². The lowest BCUT2D eigenvalue weighted by Crippen LogP contribution is -2.04. The minimum absolute atomic E-state index is 0.353. The number of nitrogens with one attached hydrogen (secondary N) is 1. The van der Waals surface area contributed by atoms with Crippen molar-refractivity contribution in [3.63, 3.8) is 0 Å². The van der Waals surface area contributed by atoms with Crippen LogP contribution in [0, 0.1) is 0 Å². The summed E-state index contributed by atoms with van der Waals surface area (Å²) in [6.07, 6.45) is 3.69. The van der Waals surface area contributed by atoms with Gasteiger partial charge in [0.15, 0.2) is 17.6 Å². The first-order valence-corrected chi connectivity index (χ1v) is 5.96. The molecule has 3 aromatic heterocycles. The number of aromatic amines is 1. The maximum atomic E-state index is 11.2. The lowest BCUT2D eigenvalue weighted by atomic mass is 10.4. The van der Waals surface area contributed by atoms with Gasteiger partial charge in [0, 0.05) is 12.1 Å². The molecule has 0 atom stereocenters. The molecule has 104 valence electrons. The SMILES string of the molecule is CCOC(=O)c1cc2occc2[nH]1.O=Cc1ccco1. The second-order valence-corrected chi connectivity index (χ2v) is 3.74. The molecule has 0 fully saturated rings. The first-order valence-electron chi connectivity index (χ1n) is 5.96. The van der Waals surface area contributed by atoms with E-state index in [0.29, 0.717) is 29.9 Å². The zero-order valence-corrected chi connectivity index (χ0v) is 10.8. The number of hydrogen-bond donors (Lipinski definition) is 1. The van der Waals surface area contributed by atoms with Gasteiger partial charge in [-0.25, -0.2) is 4.79 Å². The molecule has 0 aliphatic carbocycles. The monoisotopic (exact) mass is 275 g/mol. The van der Waals surface area contributed by atoms with Crippen molar-refractivity contribution in [2.24, 2.45) is 0 Å². The fraction of sp³-hybridized carbons (Fsp3) is 0.143. The number of rotatable bonds is 3. The van der Waals surface area contributed by atoms with Crippen molar-refractivity contribution in [1.29, 1.82) is 0 Å². The van der Waals surface area contributed by atoms with E-state index in [2.05, 4.69) is 9.40 Å². The van der Waals surface area contributed by atoms with Gasteiger partial charge in [0.1, 0.15) is 5.69 Å². The Morgan fingerprint density at radius 2 is 2.20 bits per heavy atom. The van der Waals surface area contributed by atoms with Crippen LogP contribution in [0.2, 0.25) is 0 Å². The van der Waals surface area contributed by atoms with Crippen molar-refractivity contribution in [2.75, 3.05) is 6.61 Å². The molecular weight excluding hydrogens is 262 g/mol. The third-order valence-corrected chi connectivity index (χ3v) is 2.39. The Morgan fingerprint density at radius 1 is 1.35 bits per heavy atom. The van der Waals surface area contributed by atoms with E-state index in [0.717, 1.165) is 5.52 Å². The summed E-state index contributed by atoms with van der Waals surface area (Å²) in [7, 11) is 0. The van der Waals surface area contributed by atoms with E-state index in [9.17, 15) is 9.59 Å². The fourth-order valence-corrected chi connectivity index (χ4v) is 1.53. The summed E-state index contributed by atoms with van der Waals surface area (Å²) in [5, 5.41) is 0. The van der Waals surface area contributed by atoms with Gasteiger partial charge in [0.05, 0.1) is 24.6 Å². The van der Waals surface area contributed by atoms with E-state index in [-0.39, 0.29) is 5.97 Å². The van der Waals surface area contributed by atoms with E-state index >= 15 is 0 Å². The molecule has 0 spiro atoms. The smallest absolute Gasteiger partial charge is 0.354 e. The summed E-state index contributed by atoms with van der Waals surface area (Å²) in [4.78, 5) is 23.9. The highest BCUT2D eigenvalue weighted by Gasteiger charge is 2.11. The minimum atomic E-state index is -0.353. The summed E-state index contributed by atoms with van der Waals surface area (Å²) in [6, 6.07) is 6.67. The number of aromatic nitrogens is 1. The van der Waals surface area contributed by atoms with E-state index in [1.165, 1.54) is 6.26 Å². The van der Waals surface area contributed by atoms with Crippen LogP contribution in [0.4, 0.5) is 0 Å². The molecule has 0 aliphatic heterocycles. The molecular formula is C14H13NO5. The average Bonchev–Trinajstić information content (AvgIpc) is 3.16. The Hall–Kier alpha value is -2.76. The van der Waals surface area contributed by atoms with Crippen LogP contribution in [-0.2, 0) is 4.74 Å². The van der Waals surface area contributed by atoms with E-state index in [4.69, 9.17) is 9.15 Å². The van der Waals surface area contributed by atoms with Gasteiger partial charge in [-0.2, -0.15) is 0 Å². The van der Waals surface area contributed by atoms with E-state index < -0.39 is 0 Å². The van der Waals surface area contributed by atoms with Gasteiger partial charge < -0.3 is 18.6 Å². The molecule has 20 heavy (non-hydrogen) atoms. The number of carbonyl (C=O) groups excluding carboxylic acids is 2. The molecule has 3 rings (SSSR count). The average molecular weight is 275 g/mol. The molecule has 0 aromatic carbocycles. The van der Waals surface area contributed by atoms with Gasteiger partial charge in [-0.3, -0.25) is 4.79 Å². The molecule has 3 aromatic rings. The number of ether oxygens (including phenoxy) is 1. The molecule has 0 bridgehead atoms. The fourth-order valence-electron chi connectivity index (χ4n) is 1.53. The van der Waals surface area contributed by atoms with Crippen LogP contribution in [0.25, 0.3) is 11.1 Å². The first kappa shape index (κ1) is 13.7. The van der Waals surface area contributed by atoms with Crippen molar-refractivity contribution in [3.8, 4) is 0 Å². The van der Waals surface area contributed by atoms with Crippen LogP contribution in [0.15, 0.2) is 45.6 Å². The molecule has 0 aliphatic rings. The van der Waals surface area contributed by atoms with Gasteiger partial charge in [-0.05, 0) is 19.1 Å². The number of hydrogen-bond acceptors (Lipinski definition) is 5. The highest BCUT2D eigenvalue weighted by molar-refractivity contribution is 5.93. The zero-order valence-electron chi connectivity index (χ0n) is 10.8. The Kier molecular flexibility index (Phi) is 4.39. The normalized spacial score (nSPS) is 9.85. The summed E-state index contributed by atoms with van der Waals surface area (Å²) < 4.78 is 14.5. The van der Waals surface area contributed by atoms with Gasteiger partial charge in [0.25, 0.3) is 0 Å². The summed E-state index contributed by atoms with van der Waals surface area (Å²) in [5.74, 6) is 0.0221. The van der Waals surface area contributed by atoms with Crippen LogP contribution in [0.5, 0.6) is 0 Å². The molecule has 0 amide bonds. The van der Waals surface area contributed by atoms with E-state index in [1.54, 1.807) is 37.5 Å². The lowest BCUT2D eigenvalue weighted by molar-refractivity contribution is 0.0520. The van der Waals surface area contributed by atoms with Crippen LogP contribution in [-0.4, -0.2) is 23.8 Å². The molecule has 0 saturated heterocycles. The molecule has 6 heteroatoms. The lowest BCUT2D eigenvalue weighted by Gasteiger charge is -1.96. The molecule has 1 N–H and O–H groups in total. The predicted octanol–water partition coefficient (Wildman–Crippen LogP) is 3.03. The number of H-pyrrole nitrogens is 1. The van der Waals surface area contributed by atoms with Crippen molar-refractivity contribution < 1.29 is 23.2 Å². The predicted molar refractivity (Wildman–Crippen MR) is 70.6 cm³/mol. The second kappa shape index (κ2) is 6.42. The Morgan fingerprint density at radius 3 is 2.75 bits per heavy atom. The third kappa shape index (κ3) is 3.17. The molecule has 6 nitrogen and oxygen atoms in total.